The van der Waals surface area contributed by atoms with Crippen LogP contribution in [0.4, 0.5) is 0 Å². The van der Waals surface area contributed by atoms with Gasteiger partial charge in [-0.25, -0.2) is 19.9 Å². The fraction of sp³-hybridized carbons (Fsp3) is 0.100. The third kappa shape index (κ3) is 3.52. The van der Waals surface area contributed by atoms with Crippen molar-refractivity contribution in [3.05, 3.63) is 42.2 Å². The average Bonchev–Trinajstić information content (AvgIpc) is 2.45. The second kappa shape index (κ2) is 5.67. The van der Waals surface area contributed by atoms with Crippen LogP contribution in [0.1, 0.15) is 16.2 Å². The van der Waals surface area contributed by atoms with Crippen LogP contribution in [-0.2, 0) is 16.7 Å². The number of aromatic nitrogens is 4. The molecule has 2 rings (SSSR count). The molecule has 1 amide bonds. The van der Waals surface area contributed by atoms with Gasteiger partial charge in [-0.05, 0) is 6.07 Å². The van der Waals surface area contributed by atoms with Crippen LogP contribution in [0.25, 0.3) is 0 Å². The number of nitrogens with zero attached hydrogens (tertiary/aromatic N) is 4. The number of rotatable bonds is 4. The molecule has 10 heteroatoms. The summed E-state index contributed by atoms with van der Waals surface area (Å²) >= 11 is 0. The van der Waals surface area contributed by atoms with Crippen molar-refractivity contribution in [2.75, 3.05) is 0 Å². The monoisotopic (exact) mass is 295 g/mol. The molecule has 2 heterocycles. The zero-order chi connectivity index (χ0) is 14.6. The van der Waals surface area contributed by atoms with E-state index in [1.807, 2.05) is 0 Å². The van der Waals surface area contributed by atoms with Crippen molar-refractivity contribution < 1.29 is 17.8 Å². The Hall–Kier alpha value is -2.46. The molecule has 104 valence electrons. The van der Waals surface area contributed by atoms with Gasteiger partial charge >= 0.3 is 10.1 Å². The molecular formula is C10H9N5O4S. The van der Waals surface area contributed by atoms with Crippen LogP contribution in [0.15, 0.2) is 36.0 Å². The van der Waals surface area contributed by atoms with Crippen LogP contribution in [0.3, 0.4) is 0 Å². The molecule has 2 N–H and O–H groups in total. The molecule has 0 aliphatic carbocycles. The Labute approximate surface area is 113 Å². The first-order chi connectivity index (χ1) is 9.47. The van der Waals surface area contributed by atoms with Gasteiger partial charge in [-0.2, -0.15) is 8.42 Å². The quantitative estimate of drug-likeness (QED) is 0.566. The maximum atomic E-state index is 11.7. The van der Waals surface area contributed by atoms with E-state index in [1.54, 1.807) is 18.5 Å². The minimum Gasteiger partial charge on any atom is -0.345 e. The third-order valence-electron chi connectivity index (χ3n) is 2.15. The summed E-state index contributed by atoms with van der Waals surface area (Å²) in [6, 6.07) is 1.65. The van der Waals surface area contributed by atoms with Crippen LogP contribution < -0.4 is 5.32 Å². The molecule has 0 aromatic carbocycles. The van der Waals surface area contributed by atoms with Crippen LogP contribution in [-0.4, -0.2) is 38.8 Å². The Morgan fingerprint density at radius 3 is 2.30 bits per heavy atom. The Kier molecular flexibility index (Phi) is 3.96. The average molecular weight is 295 g/mol. The summed E-state index contributed by atoms with van der Waals surface area (Å²) in [4.78, 5) is 26.3. The highest BCUT2D eigenvalue weighted by molar-refractivity contribution is 7.85. The van der Waals surface area contributed by atoms with Crippen molar-refractivity contribution in [1.29, 1.82) is 0 Å². The van der Waals surface area contributed by atoms with Crippen LogP contribution in [0.5, 0.6) is 0 Å². The van der Waals surface area contributed by atoms with Gasteiger partial charge in [0.2, 0.25) is 0 Å². The van der Waals surface area contributed by atoms with E-state index in [2.05, 4.69) is 25.3 Å². The van der Waals surface area contributed by atoms with Crippen LogP contribution >= 0.6 is 0 Å². The number of carbonyl (C=O) groups is 1. The summed E-state index contributed by atoms with van der Waals surface area (Å²) in [5.74, 6) is -0.0873. The summed E-state index contributed by atoms with van der Waals surface area (Å²) in [6.45, 7) is 0.111. The molecule has 0 aliphatic heterocycles. The predicted octanol–water partition coefficient (Wildman–Crippen LogP) is -0.557. The zero-order valence-corrected chi connectivity index (χ0v) is 10.8. The van der Waals surface area contributed by atoms with Gasteiger partial charge < -0.3 is 5.32 Å². The second-order valence-electron chi connectivity index (χ2n) is 3.58. The second-order valence-corrected chi connectivity index (χ2v) is 4.89. The van der Waals surface area contributed by atoms with E-state index in [0.29, 0.717) is 5.82 Å². The molecule has 0 saturated heterocycles. The molecule has 0 saturated carbocycles. The Morgan fingerprint density at radius 1 is 1.15 bits per heavy atom. The molecule has 2 aromatic heterocycles. The van der Waals surface area contributed by atoms with Crippen molar-refractivity contribution in [3.63, 3.8) is 0 Å². The molecule has 2 aromatic rings. The fourth-order valence-corrected chi connectivity index (χ4v) is 1.62. The predicted molar refractivity (Wildman–Crippen MR) is 65.0 cm³/mol. The standard InChI is InChI=1S/C10H9N5O4S/c16-9(13-6-8-11-2-1-3-12-8)7-4-14-10(15-5-7)20(17,18)19/h1-5H,6H2,(H,13,16)(H,17,18,19). The van der Waals surface area contributed by atoms with E-state index < -0.39 is 21.2 Å². The minimum atomic E-state index is -4.47. The lowest BCUT2D eigenvalue weighted by Crippen LogP contribution is -2.24. The highest BCUT2D eigenvalue weighted by Gasteiger charge is 2.14. The van der Waals surface area contributed by atoms with E-state index in [1.165, 1.54) is 0 Å². The molecule has 9 nitrogen and oxygen atoms in total. The maximum absolute atomic E-state index is 11.7. The molecule has 0 radical (unpaired) electrons. The zero-order valence-electron chi connectivity index (χ0n) is 9.96. The molecule has 0 aliphatic rings. The fourth-order valence-electron chi connectivity index (χ4n) is 1.25. The molecule has 0 spiro atoms. The number of amides is 1. The van der Waals surface area contributed by atoms with E-state index in [4.69, 9.17) is 4.55 Å². The molecular weight excluding hydrogens is 286 g/mol. The van der Waals surface area contributed by atoms with Crippen LogP contribution in [0, 0.1) is 0 Å². The first-order valence-electron chi connectivity index (χ1n) is 5.30. The Balaban J connectivity index is 2.03. The Morgan fingerprint density at radius 2 is 1.75 bits per heavy atom. The smallest absolute Gasteiger partial charge is 0.330 e. The lowest BCUT2D eigenvalue weighted by Gasteiger charge is -2.03. The van der Waals surface area contributed by atoms with E-state index in [9.17, 15) is 13.2 Å². The van der Waals surface area contributed by atoms with Crippen molar-refractivity contribution in [1.82, 2.24) is 25.3 Å². The normalized spacial score (nSPS) is 11.1. The molecule has 0 atom stereocenters. The van der Waals surface area contributed by atoms with Gasteiger partial charge in [0.25, 0.3) is 11.1 Å². The number of hydrogen-bond donors (Lipinski definition) is 2. The van der Waals surface area contributed by atoms with Crippen molar-refractivity contribution >= 4 is 16.0 Å². The molecule has 0 fully saturated rings. The van der Waals surface area contributed by atoms with Gasteiger partial charge in [0.1, 0.15) is 5.82 Å². The van der Waals surface area contributed by atoms with Crippen molar-refractivity contribution in [3.8, 4) is 0 Å². The topological polar surface area (TPSA) is 135 Å². The SMILES string of the molecule is O=C(NCc1ncccn1)c1cnc(S(=O)(=O)O)nc1. The van der Waals surface area contributed by atoms with E-state index in [-0.39, 0.29) is 12.1 Å². The van der Waals surface area contributed by atoms with E-state index >= 15 is 0 Å². The van der Waals surface area contributed by atoms with Gasteiger partial charge in [-0.15, -0.1) is 0 Å². The Bertz CT molecular complexity index is 702. The lowest BCUT2D eigenvalue weighted by molar-refractivity contribution is 0.0948. The summed E-state index contributed by atoms with van der Waals surface area (Å²) in [7, 11) is -4.47. The number of hydrogen-bond acceptors (Lipinski definition) is 7. The van der Waals surface area contributed by atoms with E-state index in [0.717, 1.165) is 12.4 Å². The van der Waals surface area contributed by atoms with Gasteiger partial charge in [-0.3, -0.25) is 9.35 Å². The highest BCUT2D eigenvalue weighted by atomic mass is 32.2. The summed E-state index contributed by atoms with van der Waals surface area (Å²) in [5.41, 5.74) is 0.0494. The highest BCUT2D eigenvalue weighted by Crippen LogP contribution is 2.02. The van der Waals surface area contributed by atoms with Crippen molar-refractivity contribution in [2.24, 2.45) is 0 Å². The molecule has 20 heavy (non-hydrogen) atoms. The minimum absolute atomic E-state index is 0.0494. The molecule has 0 bridgehead atoms. The number of nitrogens with one attached hydrogen (secondary N) is 1. The largest absolute Gasteiger partial charge is 0.345 e. The van der Waals surface area contributed by atoms with Gasteiger partial charge in [-0.1, -0.05) is 0 Å². The summed E-state index contributed by atoms with van der Waals surface area (Å²) in [6.07, 6.45) is 5.07. The first kappa shape index (κ1) is 14.0. The maximum Gasteiger partial charge on any atom is 0.330 e. The summed E-state index contributed by atoms with van der Waals surface area (Å²) < 4.78 is 30.2. The van der Waals surface area contributed by atoms with Gasteiger partial charge in [0.15, 0.2) is 0 Å². The third-order valence-corrected chi connectivity index (χ3v) is 2.82. The lowest BCUT2D eigenvalue weighted by atomic mass is 10.3. The van der Waals surface area contributed by atoms with Crippen LogP contribution in [0.2, 0.25) is 0 Å². The number of carbonyl (C=O) groups excluding carboxylic acids is 1. The summed E-state index contributed by atoms with van der Waals surface area (Å²) in [5, 5.41) is 1.75. The first-order valence-corrected chi connectivity index (χ1v) is 6.74. The van der Waals surface area contributed by atoms with Gasteiger partial charge in [0.05, 0.1) is 12.1 Å². The van der Waals surface area contributed by atoms with Crippen molar-refractivity contribution in [2.45, 2.75) is 11.7 Å². The van der Waals surface area contributed by atoms with Gasteiger partial charge in [0, 0.05) is 24.8 Å². The molecule has 0 unspecified atom stereocenters.